The number of nitrogens with zero attached hydrogens (tertiary/aromatic N) is 3. The van der Waals surface area contributed by atoms with Crippen LogP contribution < -0.4 is 4.74 Å². The van der Waals surface area contributed by atoms with Gasteiger partial charge in [-0.1, -0.05) is 23.4 Å². The number of hydrogen-bond acceptors (Lipinski definition) is 6. The molecule has 6 nitrogen and oxygen atoms in total. The second kappa shape index (κ2) is 9.13. The zero-order valence-electron chi connectivity index (χ0n) is 16.3. The Morgan fingerprint density at radius 1 is 1.14 bits per heavy atom. The van der Waals surface area contributed by atoms with Crippen LogP contribution in [0.4, 0.5) is 0 Å². The zero-order valence-corrected chi connectivity index (χ0v) is 17.1. The fourth-order valence-electron chi connectivity index (χ4n) is 3.39. The Kier molecular flexibility index (Phi) is 6.14. The molecule has 0 saturated carbocycles. The van der Waals surface area contributed by atoms with E-state index in [9.17, 15) is 4.79 Å². The predicted molar refractivity (Wildman–Crippen MR) is 112 cm³/mol. The highest BCUT2D eigenvalue weighted by molar-refractivity contribution is 8.00. The van der Waals surface area contributed by atoms with Gasteiger partial charge in [-0.3, -0.25) is 4.79 Å². The van der Waals surface area contributed by atoms with Crippen molar-refractivity contribution >= 4 is 17.7 Å². The summed E-state index contributed by atoms with van der Waals surface area (Å²) >= 11 is 1.58. The molecule has 2 heterocycles. The van der Waals surface area contributed by atoms with Crippen LogP contribution in [0.3, 0.4) is 0 Å². The zero-order chi connectivity index (χ0) is 20.1. The van der Waals surface area contributed by atoms with Crippen LogP contribution >= 0.6 is 11.8 Å². The summed E-state index contributed by atoms with van der Waals surface area (Å²) in [5.41, 5.74) is 0.895. The van der Waals surface area contributed by atoms with E-state index in [2.05, 4.69) is 10.1 Å². The van der Waals surface area contributed by atoms with E-state index in [1.807, 2.05) is 59.5 Å². The number of carbonyl (C=O) groups excluding carboxylic acids is 1. The standard InChI is InChI=1S/C22H23N3O3S/c1-27-18-9-7-16(8-10-18)21-23-22(28-24-21)17-11-13-25(14-12-17)20(26)15-29-19-5-3-2-4-6-19/h2-10,17H,11-15H2,1H3. The van der Waals surface area contributed by atoms with E-state index in [4.69, 9.17) is 9.26 Å². The van der Waals surface area contributed by atoms with E-state index in [0.29, 0.717) is 17.5 Å². The monoisotopic (exact) mass is 409 g/mol. The van der Waals surface area contributed by atoms with Crippen LogP contribution in [0.1, 0.15) is 24.7 Å². The van der Waals surface area contributed by atoms with Crippen molar-refractivity contribution in [1.29, 1.82) is 0 Å². The summed E-state index contributed by atoms with van der Waals surface area (Å²) in [6, 6.07) is 17.6. The number of thioether (sulfide) groups is 1. The molecule has 3 aromatic rings. The smallest absolute Gasteiger partial charge is 0.232 e. The van der Waals surface area contributed by atoms with E-state index in [-0.39, 0.29) is 11.8 Å². The van der Waals surface area contributed by atoms with Gasteiger partial charge in [0, 0.05) is 29.5 Å². The normalized spacial score (nSPS) is 14.7. The topological polar surface area (TPSA) is 68.5 Å². The Morgan fingerprint density at radius 2 is 1.86 bits per heavy atom. The first kappa shape index (κ1) is 19.5. The van der Waals surface area contributed by atoms with Gasteiger partial charge in [0.1, 0.15) is 5.75 Å². The van der Waals surface area contributed by atoms with Gasteiger partial charge >= 0.3 is 0 Å². The molecule has 7 heteroatoms. The summed E-state index contributed by atoms with van der Waals surface area (Å²) in [4.78, 5) is 20.1. The van der Waals surface area contributed by atoms with Crippen molar-refractivity contribution in [1.82, 2.24) is 15.0 Å². The van der Waals surface area contributed by atoms with E-state index < -0.39 is 0 Å². The molecule has 0 bridgehead atoms. The molecule has 150 valence electrons. The molecule has 0 N–H and O–H groups in total. The average Bonchev–Trinajstić information content (AvgIpc) is 3.29. The quantitative estimate of drug-likeness (QED) is 0.567. The van der Waals surface area contributed by atoms with Crippen LogP contribution in [0.15, 0.2) is 64.0 Å². The van der Waals surface area contributed by atoms with Crippen LogP contribution in [0.2, 0.25) is 0 Å². The highest BCUT2D eigenvalue weighted by Gasteiger charge is 2.27. The number of methoxy groups -OCH3 is 1. The molecule has 2 aromatic carbocycles. The second-order valence-electron chi connectivity index (χ2n) is 6.94. The first-order chi connectivity index (χ1) is 14.2. The van der Waals surface area contributed by atoms with Gasteiger partial charge < -0.3 is 14.2 Å². The minimum atomic E-state index is 0.182. The van der Waals surface area contributed by atoms with Crippen molar-refractivity contribution in [2.75, 3.05) is 26.0 Å². The lowest BCUT2D eigenvalue weighted by Gasteiger charge is -2.30. The lowest BCUT2D eigenvalue weighted by atomic mass is 9.97. The number of rotatable bonds is 6. The van der Waals surface area contributed by atoms with Gasteiger partial charge in [-0.25, -0.2) is 0 Å². The SMILES string of the molecule is COc1ccc(-c2noc(C3CCN(C(=O)CSc4ccccc4)CC3)n2)cc1. The molecule has 29 heavy (non-hydrogen) atoms. The minimum absolute atomic E-state index is 0.182. The van der Waals surface area contributed by atoms with E-state index in [1.165, 1.54) is 0 Å². The number of hydrogen-bond donors (Lipinski definition) is 0. The molecule has 1 aliphatic rings. The van der Waals surface area contributed by atoms with Gasteiger partial charge in [0.2, 0.25) is 17.6 Å². The van der Waals surface area contributed by atoms with Crippen LogP contribution in [0, 0.1) is 0 Å². The fourth-order valence-corrected chi connectivity index (χ4v) is 4.21. The molecular formula is C22H23N3O3S. The van der Waals surface area contributed by atoms with E-state index >= 15 is 0 Å². The number of aromatic nitrogens is 2. The lowest BCUT2D eigenvalue weighted by molar-refractivity contribution is -0.129. The largest absolute Gasteiger partial charge is 0.497 e. The Labute approximate surface area is 174 Å². The van der Waals surface area contributed by atoms with Crippen LogP contribution in [0.25, 0.3) is 11.4 Å². The first-order valence-corrected chi connectivity index (χ1v) is 10.6. The minimum Gasteiger partial charge on any atom is -0.497 e. The summed E-state index contributed by atoms with van der Waals surface area (Å²) in [6.07, 6.45) is 1.68. The maximum absolute atomic E-state index is 12.5. The van der Waals surface area contributed by atoms with Crippen molar-refractivity contribution in [3.8, 4) is 17.1 Å². The first-order valence-electron chi connectivity index (χ1n) is 9.66. The number of benzene rings is 2. The van der Waals surface area contributed by atoms with Crippen molar-refractivity contribution in [2.45, 2.75) is 23.7 Å². The van der Waals surface area contributed by atoms with Crippen molar-refractivity contribution in [3.05, 3.63) is 60.5 Å². The van der Waals surface area contributed by atoms with E-state index in [0.717, 1.165) is 42.1 Å². The van der Waals surface area contributed by atoms with Gasteiger partial charge in [0.25, 0.3) is 0 Å². The average molecular weight is 410 g/mol. The summed E-state index contributed by atoms with van der Waals surface area (Å²) in [5, 5.41) is 4.12. The van der Waals surface area contributed by atoms with Crippen LogP contribution in [-0.4, -0.2) is 46.9 Å². The molecular weight excluding hydrogens is 386 g/mol. The van der Waals surface area contributed by atoms with Gasteiger partial charge in [-0.15, -0.1) is 11.8 Å². The lowest BCUT2D eigenvalue weighted by Crippen LogP contribution is -2.39. The van der Waals surface area contributed by atoms with Crippen LogP contribution in [-0.2, 0) is 4.79 Å². The Bertz CT molecular complexity index is 935. The van der Waals surface area contributed by atoms with Gasteiger partial charge in [0.15, 0.2) is 0 Å². The molecule has 0 spiro atoms. The molecule has 0 atom stereocenters. The summed E-state index contributed by atoms with van der Waals surface area (Å²) in [6.45, 7) is 1.44. The van der Waals surface area contributed by atoms with Crippen molar-refractivity contribution in [2.24, 2.45) is 0 Å². The third-order valence-electron chi connectivity index (χ3n) is 5.09. The molecule has 1 fully saturated rings. The number of likely N-dealkylation sites (tertiary alicyclic amines) is 1. The van der Waals surface area contributed by atoms with Gasteiger partial charge in [-0.05, 0) is 49.2 Å². The maximum Gasteiger partial charge on any atom is 0.232 e. The van der Waals surface area contributed by atoms with Crippen LogP contribution in [0.5, 0.6) is 5.75 Å². The predicted octanol–water partition coefficient (Wildman–Crippen LogP) is 4.24. The van der Waals surface area contributed by atoms with Gasteiger partial charge in [-0.2, -0.15) is 4.98 Å². The Morgan fingerprint density at radius 3 is 2.55 bits per heavy atom. The molecule has 4 rings (SSSR count). The van der Waals surface area contributed by atoms with Crippen molar-refractivity contribution < 1.29 is 14.1 Å². The third-order valence-corrected chi connectivity index (χ3v) is 6.09. The molecule has 1 saturated heterocycles. The number of carbonyl (C=O) groups is 1. The maximum atomic E-state index is 12.5. The van der Waals surface area contributed by atoms with E-state index in [1.54, 1.807) is 18.9 Å². The fraction of sp³-hybridized carbons (Fsp3) is 0.318. The highest BCUT2D eigenvalue weighted by Crippen LogP contribution is 2.29. The molecule has 0 unspecified atom stereocenters. The summed E-state index contributed by atoms with van der Waals surface area (Å²) in [7, 11) is 1.64. The second-order valence-corrected chi connectivity index (χ2v) is 7.99. The number of ether oxygens (including phenoxy) is 1. The molecule has 0 radical (unpaired) electrons. The molecule has 1 aromatic heterocycles. The molecule has 0 aliphatic carbocycles. The summed E-state index contributed by atoms with van der Waals surface area (Å²) < 4.78 is 10.7. The Balaban J connectivity index is 1.30. The third kappa shape index (κ3) is 4.79. The highest BCUT2D eigenvalue weighted by atomic mass is 32.2. The molecule has 1 aliphatic heterocycles. The van der Waals surface area contributed by atoms with Gasteiger partial charge in [0.05, 0.1) is 12.9 Å². The van der Waals surface area contributed by atoms with Crippen molar-refractivity contribution in [3.63, 3.8) is 0 Å². The number of piperidine rings is 1. The number of amides is 1. The molecule has 1 amide bonds. The Hall–Kier alpha value is -2.80. The summed E-state index contributed by atoms with van der Waals surface area (Å²) in [5.74, 6) is 2.88.